The van der Waals surface area contributed by atoms with E-state index >= 15 is 0 Å². The molecule has 0 aliphatic carbocycles. The number of rotatable bonds is 8. The highest BCUT2D eigenvalue weighted by Crippen LogP contribution is 2.22. The number of amides is 2. The number of benzene rings is 2. The fourth-order valence-electron chi connectivity index (χ4n) is 3.61. The van der Waals surface area contributed by atoms with Crippen LogP contribution >= 0.6 is 0 Å². The van der Waals surface area contributed by atoms with Crippen LogP contribution in [0.5, 0.6) is 5.75 Å². The van der Waals surface area contributed by atoms with E-state index in [1.165, 1.54) is 4.90 Å². The van der Waals surface area contributed by atoms with Crippen LogP contribution in [0.1, 0.15) is 54.0 Å². The van der Waals surface area contributed by atoms with E-state index in [4.69, 9.17) is 19.9 Å². The van der Waals surface area contributed by atoms with Gasteiger partial charge in [-0.2, -0.15) is 0 Å². The molecule has 1 heterocycles. The molecule has 2 aromatic carbocycles. The van der Waals surface area contributed by atoms with Crippen LogP contribution in [0.2, 0.25) is 0 Å². The smallest absolute Gasteiger partial charge is 0.410 e. The van der Waals surface area contributed by atoms with E-state index in [0.29, 0.717) is 29.0 Å². The van der Waals surface area contributed by atoms with Gasteiger partial charge < -0.3 is 30.2 Å². The molecule has 2 aromatic rings. The molecule has 0 radical (unpaired) electrons. The summed E-state index contributed by atoms with van der Waals surface area (Å²) in [6.45, 7) is 8.34. The lowest BCUT2D eigenvalue weighted by molar-refractivity contribution is 0.0219. The molecule has 1 aliphatic heterocycles. The molecule has 188 valence electrons. The fourth-order valence-corrected chi connectivity index (χ4v) is 3.61. The average molecular weight is 484 g/mol. The normalized spacial score (nSPS) is 17.7. The fraction of sp³-hybridized carbons (Fsp3) is 0.423. The maximum Gasteiger partial charge on any atom is 0.410 e. The molecule has 2 amide bonds. The van der Waals surface area contributed by atoms with Gasteiger partial charge in [-0.15, -0.1) is 0 Å². The van der Waals surface area contributed by atoms with Gasteiger partial charge in [-0.3, -0.25) is 9.59 Å². The summed E-state index contributed by atoms with van der Waals surface area (Å²) in [6.07, 6.45) is -0.460. The van der Waals surface area contributed by atoms with E-state index in [1.807, 2.05) is 6.92 Å². The van der Waals surface area contributed by atoms with Crippen molar-refractivity contribution in [3.63, 3.8) is 0 Å². The van der Waals surface area contributed by atoms with Gasteiger partial charge in [0, 0.05) is 36.9 Å². The van der Waals surface area contributed by atoms with Crippen molar-refractivity contribution in [2.45, 2.75) is 45.4 Å². The van der Waals surface area contributed by atoms with Gasteiger partial charge in [-0.1, -0.05) is 24.3 Å². The highest BCUT2D eigenvalue weighted by molar-refractivity contribution is 6.11. The number of nitrogens with zero attached hydrogens (tertiary/aromatic N) is 1. The average Bonchev–Trinajstić information content (AvgIpc) is 3.18. The first kappa shape index (κ1) is 26.2. The number of nitrogens with one attached hydrogen (secondary N) is 1. The number of carbonyl (C=O) groups is 3. The van der Waals surface area contributed by atoms with Gasteiger partial charge in [0.1, 0.15) is 11.4 Å². The van der Waals surface area contributed by atoms with E-state index < -0.39 is 23.8 Å². The molecule has 0 aromatic heterocycles. The quantitative estimate of drug-likeness (QED) is 0.336. The Bertz CT molecular complexity index is 1050. The zero-order valence-electron chi connectivity index (χ0n) is 20.6. The van der Waals surface area contributed by atoms with Crippen molar-refractivity contribution in [2.75, 3.05) is 26.5 Å². The highest BCUT2D eigenvalue weighted by Gasteiger charge is 2.36. The van der Waals surface area contributed by atoms with Gasteiger partial charge >= 0.3 is 6.09 Å². The Kier molecular flexibility index (Phi) is 8.48. The Labute approximate surface area is 205 Å². The molecule has 0 bridgehead atoms. The van der Waals surface area contributed by atoms with Crippen molar-refractivity contribution in [2.24, 2.45) is 5.73 Å². The summed E-state index contributed by atoms with van der Waals surface area (Å²) < 4.78 is 16.2. The zero-order chi connectivity index (χ0) is 25.6. The van der Waals surface area contributed by atoms with Crippen LogP contribution in [0.15, 0.2) is 48.5 Å². The molecular formula is C26H33N3O6. The zero-order valence-corrected chi connectivity index (χ0v) is 20.6. The number of ether oxygens (including phenoxy) is 3. The van der Waals surface area contributed by atoms with Gasteiger partial charge in [0.25, 0.3) is 5.91 Å². The van der Waals surface area contributed by atoms with Crippen LogP contribution in [0.4, 0.5) is 4.79 Å². The number of ketones is 1. The van der Waals surface area contributed by atoms with E-state index in [2.05, 4.69) is 5.32 Å². The van der Waals surface area contributed by atoms with E-state index in [1.54, 1.807) is 69.3 Å². The lowest BCUT2D eigenvalue weighted by Crippen LogP contribution is -2.46. The Balaban J connectivity index is 1.63. The second-order valence-corrected chi connectivity index (χ2v) is 9.29. The van der Waals surface area contributed by atoms with Gasteiger partial charge in [-0.25, -0.2) is 4.79 Å². The third-order valence-corrected chi connectivity index (χ3v) is 5.38. The molecule has 9 heteroatoms. The first-order valence-corrected chi connectivity index (χ1v) is 11.6. The molecular weight excluding hydrogens is 450 g/mol. The summed E-state index contributed by atoms with van der Waals surface area (Å²) in [4.78, 5) is 39.6. The summed E-state index contributed by atoms with van der Waals surface area (Å²) in [5.74, 6) is -0.136. The Morgan fingerprint density at radius 2 is 1.69 bits per heavy atom. The monoisotopic (exact) mass is 483 g/mol. The van der Waals surface area contributed by atoms with Crippen LogP contribution in [0, 0.1) is 0 Å². The van der Waals surface area contributed by atoms with Gasteiger partial charge in [-0.05, 0) is 52.0 Å². The minimum absolute atomic E-state index is 0.0502. The predicted octanol–water partition coefficient (Wildman–Crippen LogP) is 2.97. The van der Waals surface area contributed by atoms with Crippen LogP contribution < -0.4 is 15.8 Å². The lowest BCUT2D eigenvalue weighted by atomic mass is 10.0. The minimum Gasteiger partial charge on any atom is -0.467 e. The Hall–Kier alpha value is -3.43. The summed E-state index contributed by atoms with van der Waals surface area (Å²) in [6, 6.07) is 12.5. The van der Waals surface area contributed by atoms with Crippen LogP contribution in [0.25, 0.3) is 0 Å². The number of carbonyl (C=O) groups excluding carboxylic acids is 3. The molecule has 3 N–H and O–H groups in total. The van der Waals surface area contributed by atoms with Crippen molar-refractivity contribution in [3.8, 4) is 5.75 Å². The van der Waals surface area contributed by atoms with Gasteiger partial charge in [0.05, 0.1) is 11.6 Å². The number of hydrogen-bond acceptors (Lipinski definition) is 7. The molecule has 0 spiro atoms. The Morgan fingerprint density at radius 1 is 1.03 bits per heavy atom. The predicted molar refractivity (Wildman–Crippen MR) is 130 cm³/mol. The molecule has 2 atom stereocenters. The number of likely N-dealkylation sites (tertiary alicyclic amines) is 1. The number of para-hydroxylation sites is 1. The maximum atomic E-state index is 13.0. The molecule has 1 saturated heterocycles. The number of nitrogens with two attached hydrogens (primary N) is 1. The highest BCUT2D eigenvalue weighted by atomic mass is 16.7. The summed E-state index contributed by atoms with van der Waals surface area (Å²) in [7, 11) is 0. The van der Waals surface area contributed by atoms with Crippen molar-refractivity contribution >= 4 is 17.8 Å². The molecule has 35 heavy (non-hydrogen) atoms. The molecule has 0 unspecified atom stereocenters. The van der Waals surface area contributed by atoms with E-state index in [-0.39, 0.29) is 31.6 Å². The first-order valence-electron chi connectivity index (χ1n) is 11.6. The van der Waals surface area contributed by atoms with Crippen LogP contribution in [-0.2, 0) is 9.47 Å². The molecule has 9 nitrogen and oxygen atoms in total. The standard InChI is InChI=1S/C26H33N3O6/c1-5-33-16-34-22-9-7-6-8-19(22)23(30)17-10-12-18(13-11-17)24(31)28-21-15-29(14-20(21)27)25(32)35-26(2,3)4/h6-13,20-21H,5,14-16,27H2,1-4H3,(H,28,31)/t20-,21-/m1/s1. The summed E-state index contributed by atoms with van der Waals surface area (Å²) in [5, 5.41) is 2.88. The van der Waals surface area contributed by atoms with E-state index in [0.717, 1.165) is 0 Å². The molecule has 1 aliphatic rings. The summed E-state index contributed by atoms with van der Waals surface area (Å²) in [5.41, 5.74) is 6.75. The van der Waals surface area contributed by atoms with Crippen LogP contribution in [0.3, 0.4) is 0 Å². The second kappa shape index (κ2) is 11.3. The van der Waals surface area contributed by atoms with Crippen LogP contribution in [-0.4, -0.2) is 66.9 Å². The third kappa shape index (κ3) is 7.03. The van der Waals surface area contributed by atoms with Crippen molar-refractivity contribution in [1.82, 2.24) is 10.2 Å². The van der Waals surface area contributed by atoms with E-state index in [9.17, 15) is 14.4 Å². The van der Waals surface area contributed by atoms with Crippen molar-refractivity contribution < 1.29 is 28.6 Å². The molecule has 3 rings (SSSR count). The topological polar surface area (TPSA) is 120 Å². The SMILES string of the molecule is CCOCOc1ccccc1C(=O)c1ccc(C(=O)N[C@@H]2CN(C(=O)OC(C)(C)C)C[C@H]2N)cc1. The third-order valence-electron chi connectivity index (χ3n) is 5.38. The Morgan fingerprint density at radius 3 is 2.34 bits per heavy atom. The lowest BCUT2D eigenvalue weighted by Gasteiger charge is -2.24. The molecule has 0 saturated carbocycles. The largest absolute Gasteiger partial charge is 0.467 e. The first-order chi connectivity index (χ1) is 16.6. The maximum absolute atomic E-state index is 13.0. The van der Waals surface area contributed by atoms with Gasteiger partial charge in [0.2, 0.25) is 0 Å². The molecule has 1 fully saturated rings. The summed E-state index contributed by atoms with van der Waals surface area (Å²) >= 11 is 0. The second-order valence-electron chi connectivity index (χ2n) is 9.29. The van der Waals surface area contributed by atoms with Crippen molar-refractivity contribution in [3.05, 3.63) is 65.2 Å². The minimum atomic E-state index is -0.613. The van der Waals surface area contributed by atoms with Gasteiger partial charge in [0.15, 0.2) is 12.6 Å². The van der Waals surface area contributed by atoms with Crippen molar-refractivity contribution in [1.29, 1.82) is 0 Å². The number of hydrogen-bond donors (Lipinski definition) is 2.